The second-order valence-electron chi connectivity index (χ2n) is 7.89. The molecule has 2 amide bonds. The number of aryl methyl sites for hydroxylation is 1. The van der Waals surface area contributed by atoms with E-state index in [1.54, 1.807) is 0 Å². The summed E-state index contributed by atoms with van der Waals surface area (Å²) in [6.45, 7) is 3.66. The Morgan fingerprint density at radius 2 is 1.94 bits per heavy atom. The molecule has 4 N–H and O–H groups in total. The summed E-state index contributed by atoms with van der Waals surface area (Å²) in [5.41, 5.74) is 0.925. The first-order valence-corrected chi connectivity index (χ1v) is 12.5. The van der Waals surface area contributed by atoms with Gasteiger partial charge in [-0.05, 0) is 38.2 Å². The van der Waals surface area contributed by atoms with Gasteiger partial charge in [-0.2, -0.15) is 0 Å². The normalized spacial score (nSPS) is 20.0. The van der Waals surface area contributed by atoms with Gasteiger partial charge in [-0.25, -0.2) is 9.88 Å². The lowest BCUT2D eigenvalue weighted by Crippen LogP contribution is -2.53. The molecule has 2 rings (SSSR count). The van der Waals surface area contributed by atoms with Gasteiger partial charge in [0.2, 0.25) is 11.8 Å². The van der Waals surface area contributed by atoms with Crippen molar-refractivity contribution in [2.24, 2.45) is 0 Å². The van der Waals surface area contributed by atoms with E-state index in [0.717, 1.165) is 5.56 Å². The molecular weight excluding hydrogens is 421 g/mol. The fraction of sp³-hybridized carbons (Fsp3) is 0.571. The lowest BCUT2D eigenvalue weighted by Gasteiger charge is -2.29. The third kappa shape index (κ3) is 7.45. The second kappa shape index (κ2) is 11.4. The van der Waals surface area contributed by atoms with E-state index in [0.29, 0.717) is 38.6 Å². The van der Waals surface area contributed by atoms with Crippen molar-refractivity contribution in [3.8, 4) is 0 Å². The molecule has 10 heteroatoms. The maximum atomic E-state index is 12.9. The van der Waals surface area contributed by atoms with E-state index >= 15 is 0 Å². The molecule has 0 radical (unpaired) electrons. The van der Waals surface area contributed by atoms with Gasteiger partial charge in [-0.1, -0.05) is 43.7 Å². The average molecular weight is 453 g/mol. The smallest absolute Gasteiger partial charge is 0.326 e. The van der Waals surface area contributed by atoms with Gasteiger partial charge in [-0.15, -0.1) is 0 Å². The number of nitrogens with one attached hydrogen (secondary N) is 2. The van der Waals surface area contributed by atoms with E-state index in [2.05, 4.69) is 10.4 Å². The van der Waals surface area contributed by atoms with Gasteiger partial charge >= 0.3 is 5.97 Å². The number of benzene rings is 1. The Labute approximate surface area is 182 Å². The molecule has 0 saturated carbocycles. The molecule has 1 aliphatic heterocycles. The summed E-state index contributed by atoms with van der Waals surface area (Å²) < 4.78 is 12.6. The lowest BCUT2D eigenvalue weighted by molar-refractivity contribution is -0.144. The number of carbonyl (C=O) groups is 3. The SMILES string of the molecule is CCC[C@H](NC(=O)[C@@H]1CCCN1C(=O)[C@H](C)NP(=O)(O)CCc1ccccc1)C(=O)O. The van der Waals surface area contributed by atoms with Crippen LogP contribution in [-0.2, 0) is 25.4 Å². The number of hydrogen-bond acceptors (Lipinski definition) is 4. The minimum atomic E-state index is -3.77. The van der Waals surface area contributed by atoms with Crippen LogP contribution in [0, 0.1) is 0 Å². The van der Waals surface area contributed by atoms with Crippen LogP contribution < -0.4 is 10.4 Å². The molecule has 0 bridgehead atoms. The molecule has 31 heavy (non-hydrogen) atoms. The summed E-state index contributed by atoms with van der Waals surface area (Å²) >= 11 is 0. The van der Waals surface area contributed by atoms with Crippen LogP contribution in [0.5, 0.6) is 0 Å². The molecule has 9 nitrogen and oxygen atoms in total. The van der Waals surface area contributed by atoms with Crippen molar-refractivity contribution in [1.29, 1.82) is 0 Å². The van der Waals surface area contributed by atoms with E-state index in [1.807, 2.05) is 37.3 Å². The highest BCUT2D eigenvalue weighted by Gasteiger charge is 2.38. The van der Waals surface area contributed by atoms with Gasteiger partial charge in [-0.3, -0.25) is 14.2 Å². The fourth-order valence-electron chi connectivity index (χ4n) is 3.71. The Bertz CT molecular complexity index is 819. The summed E-state index contributed by atoms with van der Waals surface area (Å²) in [5, 5.41) is 14.3. The van der Waals surface area contributed by atoms with Crippen LogP contribution in [0.4, 0.5) is 0 Å². The molecule has 1 heterocycles. The third-order valence-electron chi connectivity index (χ3n) is 5.34. The summed E-state index contributed by atoms with van der Waals surface area (Å²) in [5.74, 6) is -2.06. The largest absolute Gasteiger partial charge is 0.480 e. The van der Waals surface area contributed by atoms with Crippen LogP contribution in [0.3, 0.4) is 0 Å². The highest BCUT2D eigenvalue weighted by Crippen LogP contribution is 2.37. The molecule has 0 spiro atoms. The van der Waals surface area contributed by atoms with Crippen LogP contribution in [-0.4, -0.2) is 63.5 Å². The molecule has 1 aromatic rings. The highest BCUT2D eigenvalue weighted by atomic mass is 31.2. The molecule has 0 aromatic heterocycles. The minimum Gasteiger partial charge on any atom is -0.480 e. The summed E-state index contributed by atoms with van der Waals surface area (Å²) in [6, 6.07) is 6.57. The van der Waals surface area contributed by atoms with Gasteiger partial charge < -0.3 is 20.2 Å². The van der Waals surface area contributed by atoms with Crippen molar-refractivity contribution in [2.45, 2.75) is 64.1 Å². The lowest BCUT2D eigenvalue weighted by atomic mass is 10.1. The Kier molecular flexibility index (Phi) is 9.22. The zero-order valence-corrected chi connectivity index (χ0v) is 18.9. The number of rotatable bonds is 11. The third-order valence-corrected chi connectivity index (χ3v) is 6.96. The van der Waals surface area contributed by atoms with E-state index < -0.39 is 43.4 Å². The number of carboxylic acid groups (broad SMARTS) is 1. The van der Waals surface area contributed by atoms with Crippen molar-refractivity contribution >= 4 is 25.3 Å². The van der Waals surface area contributed by atoms with Crippen LogP contribution in [0.25, 0.3) is 0 Å². The molecule has 1 saturated heterocycles. The fourth-order valence-corrected chi connectivity index (χ4v) is 5.12. The van der Waals surface area contributed by atoms with Crippen molar-refractivity contribution in [2.75, 3.05) is 12.7 Å². The maximum absolute atomic E-state index is 12.9. The topological polar surface area (TPSA) is 136 Å². The first kappa shape index (κ1) is 25.0. The number of hydrogen-bond donors (Lipinski definition) is 4. The van der Waals surface area contributed by atoms with Crippen molar-refractivity contribution in [3.05, 3.63) is 35.9 Å². The number of amides is 2. The number of carbonyl (C=O) groups excluding carboxylic acids is 2. The maximum Gasteiger partial charge on any atom is 0.326 e. The second-order valence-corrected chi connectivity index (χ2v) is 10.00. The van der Waals surface area contributed by atoms with Gasteiger partial charge in [0.25, 0.3) is 7.52 Å². The summed E-state index contributed by atoms with van der Waals surface area (Å²) in [7, 11) is -3.77. The van der Waals surface area contributed by atoms with Crippen LogP contribution in [0.1, 0.15) is 45.1 Å². The number of carboxylic acids is 1. The zero-order valence-electron chi connectivity index (χ0n) is 18.0. The Hall–Kier alpha value is -2.22. The molecule has 4 atom stereocenters. The van der Waals surface area contributed by atoms with Crippen LogP contribution in [0.15, 0.2) is 30.3 Å². The van der Waals surface area contributed by atoms with Crippen molar-refractivity contribution in [3.63, 3.8) is 0 Å². The van der Waals surface area contributed by atoms with E-state index in [1.165, 1.54) is 11.8 Å². The minimum absolute atomic E-state index is 0.0180. The average Bonchev–Trinajstić information content (AvgIpc) is 3.21. The first-order valence-electron chi connectivity index (χ1n) is 10.6. The molecule has 1 unspecified atom stereocenters. The molecule has 0 aliphatic carbocycles. The number of likely N-dealkylation sites (tertiary alicyclic amines) is 1. The zero-order chi connectivity index (χ0) is 23.0. The van der Waals surface area contributed by atoms with Crippen molar-refractivity contribution < 1.29 is 28.9 Å². The molecule has 172 valence electrons. The van der Waals surface area contributed by atoms with Crippen molar-refractivity contribution in [1.82, 2.24) is 15.3 Å². The molecule has 1 fully saturated rings. The van der Waals surface area contributed by atoms with Gasteiger partial charge in [0.1, 0.15) is 12.1 Å². The van der Waals surface area contributed by atoms with E-state index in [-0.39, 0.29) is 6.16 Å². The monoisotopic (exact) mass is 453 g/mol. The predicted octanol–water partition coefficient (Wildman–Crippen LogP) is 1.75. The quantitative estimate of drug-likeness (QED) is 0.375. The van der Waals surface area contributed by atoms with Crippen LogP contribution >= 0.6 is 7.52 Å². The van der Waals surface area contributed by atoms with E-state index in [4.69, 9.17) is 0 Å². The van der Waals surface area contributed by atoms with Gasteiger partial charge in [0.05, 0.1) is 6.04 Å². The first-order chi connectivity index (χ1) is 14.6. The predicted molar refractivity (Wildman–Crippen MR) is 117 cm³/mol. The Morgan fingerprint density at radius 1 is 1.26 bits per heavy atom. The number of aliphatic carboxylic acids is 1. The molecule has 1 aliphatic rings. The molecule has 1 aromatic carbocycles. The highest BCUT2D eigenvalue weighted by molar-refractivity contribution is 7.55. The summed E-state index contributed by atoms with van der Waals surface area (Å²) in [6.07, 6.45) is 2.30. The van der Waals surface area contributed by atoms with Gasteiger partial charge in [0.15, 0.2) is 0 Å². The van der Waals surface area contributed by atoms with E-state index in [9.17, 15) is 28.9 Å². The van der Waals surface area contributed by atoms with Crippen LogP contribution in [0.2, 0.25) is 0 Å². The standard InChI is InChI=1S/C21H32N3O6P/c1-3-8-17(21(27)28)22-19(25)18-11-7-13-24(18)20(26)15(2)23-31(29,30)14-12-16-9-5-4-6-10-16/h4-6,9-10,15,17-18H,3,7-8,11-14H2,1-2H3,(H,22,25)(H,27,28)(H2,23,29,30)/t15-,17-,18-/m0/s1. The van der Waals surface area contributed by atoms with Gasteiger partial charge in [0, 0.05) is 12.7 Å². The molecular formula is C21H32N3O6P. The Morgan fingerprint density at radius 3 is 2.55 bits per heavy atom. The number of nitrogens with zero attached hydrogens (tertiary/aromatic N) is 1. The Balaban J connectivity index is 1.95. The summed E-state index contributed by atoms with van der Waals surface area (Å²) in [4.78, 5) is 48.5.